The van der Waals surface area contributed by atoms with Crippen molar-refractivity contribution in [3.8, 4) is 22.6 Å². The molecule has 0 aliphatic rings. The van der Waals surface area contributed by atoms with Crippen molar-refractivity contribution in [3.05, 3.63) is 83.0 Å². The second kappa shape index (κ2) is 13.3. The highest BCUT2D eigenvalue weighted by molar-refractivity contribution is 7.99. The molecule has 208 valence electrons. The summed E-state index contributed by atoms with van der Waals surface area (Å²) in [5.41, 5.74) is 4.11. The van der Waals surface area contributed by atoms with Gasteiger partial charge in [-0.15, -0.1) is 28.1 Å². The van der Waals surface area contributed by atoms with Gasteiger partial charge in [-0.1, -0.05) is 36.0 Å². The van der Waals surface area contributed by atoms with Gasteiger partial charge in [0, 0.05) is 17.5 Å². The predicted molar refractivity (Wildman–Crippen MR) is 157 cm³/mol. The van der Waals surface area contributed by atoms with E-state index in [9.17, 15) is 9.59 Å². The Balaban J connectivity index is 1.44. The van der Waals surface area contributed by atoms with Crippen LogP contribution in [0.4, 0.5) is 5.00 Å². The maximum absolute atomic E-state index is 12.9. The van der Waals surface area contributed by atoms with E-state index in [-0.39, 0.29) is 18.3 Å². The maximum atomic E-state index is 12.9. The molecule has 2 heterocycles. The van der Waals surface area contributed by atoms with Crippen molar-refractivity contribution in [2.45, 2.75) is 32.2 Å². The van der Waals surface area contributed by atoms with Gasteiger partial charge >= 0.3 is 5.97 Å². The van der Waals surface area contributed by atoms with Gasteiger partial charge < -0.3 is 19.5 Å². The Hall–Kier alpha value is -4.09. The van der Waals surface area contributed by atoms with Gasteiger partial charge in [-0.2, -0.15) is 0 Å². The molecule has 0 saturated heterocycles. The molecule has 4 rings (SSSR count). The quantitative estimate of drug-likeness (QED) is 0.126. The Morgan fingerprint density at radius 3 is 2.50 bits per heavy atom. The minimum atomic E-state index is -0.533. The third kappa shape index (κ3) is 6.72. The molecule has 0 spiro atoms. The van der Waals surface area contributed by atoms with Crippen LogP contribution in [-0.4, -0.2) is 46.6 Å². The summed E-state index contributed by atoms with van der Waals surface area (Å²) >= 11 is 2.50. The minimum absolute atomic E-state index is 0.0592. The largest absolute Gasteiger partial charge is 0.497 e. The van der Waals surface area contributed by atoms with Crippen LogP contribution in [0.5, 0.6) is 11.5 Å². The van der Waals surface area contributed by atoms with E-state index in [1.807, 2.05) is 66.3 Å². The van der Waals surface area contributed by atoms with Crippen LogP contribution in [0, 0.1) is 13.8 Å². The lowest BCUT2D eigenvalue weighted by Gasteiger charge is -2.10. The molecule has 1 N–H and O–H groups in total. The van der Waals surface area contributed by atoms with Crippen LogP contribution in [0.2, 0.25) is 0 Å². The predicted octanol–water partition coefficient (Wildman–Crippen LogP) is 5.91. The number of benzene rings is 2. The van der Waals surface area contributed by atoms with Crippen molar-refractivity contribution in [3.63, 3.8) is 0 Å². The first-order valence-electron chi connectivity index (χ1n) is 12.3. The molecule has 0 fully saturated rings. The van der Waals surface area contributed by atoms with E-state index in [2.05, 4.69) is 22.1 Å². The molecule has 9 nitrogen and oxygen atoms in total. The number of thioether (sulfide) groups is 1. The molecule has 2 aromatic carbocycles. The molecule has 0 radical (unpaired) electrons. The van der Waals surface area contributed by atoms with Gasteiger partial charge in [0.05, 0.1) is 20.0 Å². The summed E-state index contributed by atoms with van der Waals surface area (Å²) in [6, 6.07) is 13.2. The molecule has 0 atom stereocenters. The van der Waals surface area contributed by atoms with Crippen molar-refractivity contribution >= 4 is 40.0 Å². The lowest BCUT2D eigenvalue weighted by Crippen LogP contribution is -2.16. The molecule has 40 heavy (non-hydrogen) atoms. The van der Waals surface area contributed by atoms with Gasteiger partial charge in [0.15, 0.2) is 11.0 Å². The van der Waals surface area contributed by atoms with Crippen LogP contribution < -0.4 is 14.8 Å². The average Bonchev–Trinajstić information content (AvgIpc) is 3.56. The second-order valence-electron chi connectivity index (χ2n) is 8.74. The van der Waals surface area contributed by atoms with Crippen molar-refractivity contribution in [2.75, 3.05) is 25.3 Å². The molecule has 0 bridgehead atoms. The maximum Gasteiger partial charge on any atom is 0.341 e. The molecular weight excluding hydrogens is 548 g/mol. The topological polar surface area (TPSA) is 105 Å². The molecule has 0 aliphatic heterocycles. The number of ether oxygens (including phenoxy) is 3. The van der Waals surface area contributed by atoms with E-state index in [4.69, 9.17) is 14.2 Å². The van der Waals surface area contributed by atoms with Gasteiger partial charge in [0.1, 0.15) is 28.7 Å². The van der Waals surface area contributed by atoms with E-state index in [0.717, 1.165) is 16.9 Å². The molecule has 0 saturated carbocycles. The number of hydrogen-bond acceptors (Lipinski definition) is 9. The van der Waals surface area contributed by atoms with Gasteiger partial charge in [-0.3, -0.25) is 9.36 Å². The lowest BCUT2D eigenvalue weighted by molar-refractivity contribution is -0.113. The fraction of sp³-hybridized carbons (Fsp3) is 0.241. The Morgan fingerprint density at radius 1 is 1.07 bits per heavy atom. The van der Waals surface area contributed by atoms with E-state index < -0.39 is 5.97 Å². The number of methoxy groups -OCH3 is 2. The normalized spacial score (nSPS) is 10.7. The smallest absolute Gasteiger partial charge is 0.341 e. The Morgan fingerprint density at radius 2 is 1.82 bits per heavy atom. The first-order chi connectivity index (χ1) is 19.3. The highest BCUT2D eigenvalue weighted by atomic mass is 32.2. The number of nitrogens with one attached hydrogen (secondary N) is 1. The van der Waals surface area contributed by atoms with Crippen molar-refractivity contribution in [1.82, 2.24) is 14.8 Å². The molecular formula is C29H30N4O5S2. The van der Waals surface area contributed by atoms with Gasteiger partial charge in [0.25, 0.3) is 0 Å². The lowest BCUT2D eigenvalue weighted by atomic mass is 10.0. The summed E-state index contributed by atoms with van der Waals surface area (Å²) in [5, 5.41) is 14.2. The molecule has 11 heteroatoms. The highest BCUT2D eigenvalue weighted by Crippen LogP contribution is 2.37. The number of carbonyl (C=O) groups is 2. The van der Waals surface area contributed by atoms with Crippen molar-refractivity contribution in [2.24, 2.45) is 0 Å². The number of carbonyl (C=O) groups excluding carboxylic acids is 2. The zero-order valence-corrected chi connectivity index (χ0v) is 24.4. The van der Waals surface area contributed by atoms with Crippen LogP contribution in [0.25, 0.3) is 11.1 Å². The highest BCUT2D eigenvalue weighted by Gasteiger charge is 2.23. The van der Waals surface area contributed by atoms with Crippen LogP contribution in [0.1, 0.15) is 27.3 Å². The summed E-state index contributed by atoms with van der Waals surface area (Å²) in [4.78, 5) is 25.6. The molecule has 1 amide bonds. The number of amides is 1. The summed E-state index contributed by atoms with van der Waals surface area (Å²) < 4.78 is 18.0. The third-order valence-electron chi connectivity index (χ3n) is 6.12. The number of aromatic nitrogens is 3. The monoisotopic (exact) mass is 578 g/mol. The number of aryl methyl sites for hydroxylation is 2. The van der Waals surface area contributed by atoms with Crippen molar-refractivity contribution in [1.29, 1.82) is 0 Å². The van der Waals surface area contributed by atoms with Crippen LogP contribution in [0.3, 0.4) is 0 Å². The average molecular weight is 579 g/mol. The Kier molecular flexibility index (Phi) is 9.62. The first-order valence-corrected chi connectivity index (χ1v) is 14.2. The molecule has 0 aliphatic carbocycles. The van der Waals surface area contributed by atoms with E-state index in [1.54, 1.807) is 13.2 Å². The summed E-state index contributed by atoms with van der Waals surface area (Å²) in [6.45, 7) is 8.60. The van der Waals surface area contributed by atoms with Gasteiger partial charge in [0.2, 0.25) is 5.91 Å². The fourth-order valence-electron chi connectivity index (χ4n) is 3.83. The number of anilines is 1. The van der Waals surface area contributed by atoms with Crippen LogP contribution >= 0.6 is 23.1 Å². The number of thiophene rings is 1. The van der Waals surface area contributed by atoms with E-state index in [1.165, 1.54) is 35.8 Å². The summed E-state index contributed by atoms with van der Waals surface area (Å²) in [5.74, 6) is 1.30. The number of allylic oxidation sites excluding steroid dienone is 1. The molecule has 0 unspecified atom stereocenters. The second-order valence-corrected chi connectivity index (χ2v) is 10.6. The van der Waals surface area contributed by atoms with Gasteiger partial charge in [-0.25, -0.2) is 4.79 Å². The Bertz CT molecular complexity index is 1510. The molecule has 2 aromatic heterocycles. The summed E-state index contributed by atoms with van der Waals surface area (Å²) in [7, 11) is 2.90. The SMILES string of the molecule is C=CCn1c(COc2ccc(C)c(C)c2)nnc1SCC(=O)Nc1scc(-c2ccc(OC)cc2)c1C(=O)OC. The number of rotatable bonds is 12. The van der Waals surface area contributed by atoms with Crippen LogP contribution in [0.15, 0.2) is 65.7 Å². The number of nitrogens with zero attached hydrogens (tertiary/aromatic N) is 3. The first kappa shape index (κ1) is 28.9. The number of esters is 1. The van der Waals surface area contributed by atoms with E-state index >= 15 is 0 Å². The standard InChI is InChI=1S/C29H30N4O5S2/c1-6-13-33-24(15-38-22-10-7-18(2)19(3)14-22)31-32-29(33)40-17-25(34)30-27-26(28(35)37-5)23(16-39-27)20-8-11-21(36-4)12-9-20/h6-12,14,16H,1,13,15,17H2,2-5H3,(H,30,34). The number of hydrogen-bond donors (Lipinski definition) is 1. The zero-order valence-electron chi connectivity index (χ0n) is 22.7. The third-order valence-corrected chi connectivity index (χ3v) is 7.98. The minimum Gasteiger partial charge on any atom is -0.497 e. The van der Waals surface area contributed by atoms with Crippen molar-refractivity contribution < 1.29 is 23.8 Å². The van der Waals surface area contributed by atoms with E-state index in [0.29, 0.717) is 39.4 Å². The molecule has 4 aromatic rings. The van der Waals surface area contributed by atoms with Crippen LogP contribution in [-0.2, 0) is 22.7 Å². The van der Waals surface area contributed by atoms with Gasteiger partial charge in [-0.05, 0) is 54.8 Å². The fourth-order valence-corrected chi connectivity index (χ4v) is 5.57. The zero-order chi connectivity index (χ0) is 28.6. The summed E-state index contributed by atoms with van der Waals surface area (Å²) in [6.07, 6.45) is 1.74. The Labute approximate surface area is 241 Å².